The molecule has 0 aliphatic carbocycles. The van der Waals surface area contributed by atoms with Crippen LogP contribution in [0, 0.1) is 0 Å². The smallest absolute Gasteiger partial charge is 0.164 e. The largest absolute Gasteiger partial charge is 0.455 e. The lowest BCUT2D eigenvalue weighted by Crippen LogP contribution is -2.20. The molecule has 0 atom stereocenters. The molecule has 6 heteroatoms. The van der Waals surface area contributed by atoms with Crippen molar-refractivity contribution in [2.24, 2.45) is 0 Å². The van der Waals surface area contributed by atoms with E-state index in [-0.39, 0.29) is 0 Å². The summed E-state index contributed by atoms with van der Waals surface area (Å²) in [6, 6.07) is 56.4. The first-order chi connectivity index (χ1) is 28.7. The Morgan fingerprint density at radius 1 is 0.534 bits per heavy atom. The first-order valence-corrected chi connectivity index (χ1v) is 19.4. The number of fused-ring (bicyclic) bond motifs is 10. The Balaban J connectivity index is 1.23. The topological polar surface area (TPSA) is 60.0 Å². The van der Waals surface area contributed by atoms with Crippen LogP contribution in [0.15, 0.2) is 199 Å². The zero-order chi connectivity index (χ0) is 38.6. The van der Waals surface area contributed by atoms with E-state index in [0.717, 1.165) is 88.6 Å². The van der Waals surface area contributed by atoms with Gasteiger partial charge in [-0.15, -0.1) is 0 Å². The minimum atomic E-state index is 0.576. The van der Waals surface area contributed by atoms with Gasteiger partial charge in [-0.2, -0.15) is 0 Å². The molecule has 0 amide bonds. The fraction of sp³-hybridized carbons (Fsp3) is 0.0192. The van der Waals surface area contributed by atoms with Gasteiger partial charge in [-0.3, -0.25) is 0 Å². The normalized spacial score (nSPS) is 14.1. The number of rotatable bonds is 5. The van der Waals surface area contributed by atoms with E-state index in [4.69, 9.17) is 25.9 Å². The van der Waals surface area contributed by atoms with Crippen molar-refractivity contribution in [3.8, 4) is 39.9 Å². The van der Waals surface area contributed by atoms with Gasteiger partial charge in [0.15, 0.2) is 17.5 Å². The molecule has 0 fully saturated rings. The number of para-hydroxylation sites is 3. The molecule has 1 aliphatic rings. The van der Waals surface area contributed by atoms with Crippen molar-refractivity contribution in [3.05, 3.63) is 200 Å². The molecule has 11 rings (SSSR count). The number of benzene rings is 7. The fourth-order valence-corrected chi connectivity index (χ4v) is 8.40. The second-order valence-electron chi connectivity index (χ2n) is 14.4. The van der Waals surface area contributed by atoms with Crippen molar-refractivity contribution in [1.82, 2.24) is 19.5 Å². The first kappa shape index (κ1) is 33.5. The predicted octanol–water partition coefficient (Wildman–Crippen LogP) is 13.1. The van der Waals surface area contributed by atoms with Crippen LogP contribution in [-0.2, 0) is 0 Å². The molecule has 274 valence electrons. The van der Waals surface area contributed by atoms with Crippen LogP contribution in [0.3, 0.4) is 0 Å². The molecule has 0 saturated heterocycles. The molecule has 6 nitrogen and oxygen atoms in total. The number of furan rings is 1. The van der Waals surface area contributed by atoms with E-state index >= 15 is 0 Å². The van der Waals surface area contributed by atoms with Crippen molar-refractivity contribution in [2.75, 3.05) is 11.4 Å². The third kappa shape index (κ3) is 5.46. The van der Waals surface area contributed by atoms with Crippen LogP contribution < -0.4 is 4.90 Å². The van der Waals surface area contributed by atoms with Crippen LogP contribution in [0.5, 0.6) is 0 Å². The Hall–Kier alpha value is -7.83. The summed E-state index contributed by atoms with van der Waals surface area (Å²) >= 11 is 0. The average molecular weight is 746 g/mol. The Morgan fingerprint density at radius 3 is 1.84 bits per heavy atom. The lowest BCUT2D eigenvalue weighted by atomic mass is 9.95. The molecule has 4 heterocycles. The summed E-state index contributed by atoms with van der Waals surface area (Å²) in [6.45, 7) is 5.29. The molecule has 0 saturated carbocycles. The van der Waals surface area contributed by atoms with Crippen LogP contribution in [0.25, 0.3) is 89.2 Å². The molecule has 0 bridgehead atoms. The minimum absolute atomic E-state index is 0.576. The lowest BCUT2D eigenvalue weighted by molar-refractivity contribution is 0.668. The highest BCUT2D eigenvalue weighted by Crippen LogP contribution is 2.51. The van der Waals surface area contributed by atoms with Gasteiger partial charge in [0.2, 0.25) is 0 Å². The van der Waals surface area contributed by atoms with E-state index in [9.17, 15) is 0 Å². The molecule has 0 spiro atoms. The quantitative estimate of drug-likeness (QED) is 0.176. The third-order valence-corrected chi connectivity index (χ3v) is 11.0. The van der Waals surface area contributed by atoms with Gasteiger partial charge in [-0.25, -0.2) is 15.0 Å². The van der Waals surface area contributed by atoms with Gasteiger partial charge >= 0.3 is 0 Å². The molecule has 10 aromatic rings. The number of aromatic nitrogens is 4. The maximum atomic E-state index is 6.94. The van der Waals surface area contributed by atoms with Crippen molar-refractivity contribution in [2.45, 2.75) is 0 Å². The maximum Gasteiger partial charge on any atom is 0.164 e. The van der Waals surface area contributed by atoms with Gasteiger partial charge in [0, 0.05) is 56.2 Å². The summed E-state index contributed by atoms with van der Waals surface area (Å²) in [5.74, 6) is 1.83. The van der Waals surface area contributed by atoms with E-state index in [0.29, 0.717) is 24.0 Å². The summed E-state index contributed by atoms with van der Waals surface area (Å²) in [5, 5.41) is 4.44. The van der Waals surface area contributed by atoms with Gasteiger partial charge in [-0.1, -0.05) is 158 Å². The van der Waals surface area contributed by atoms with Crippen molar-refractivity contribution < 1.29 is 4.42 Å². The van der Waals surface area contributed by atoms with Crippen LogP contribution in [0.1, 0.15) is 5.56 Å². The van der Waals surface area contributed by atoms with E-state index in [2.05, 4.69) is 131 Å². The minimum Gasteiger partial charge on any atom is -0.455 e. The summed E-state index contributed by atoms with van der Waals surface area (Å²) in [5.41, 5.74) is 11.4. The fourth-order valence-electron chi connectivity index (χ4n) is 8.40. The monoisotopic (exact) mass is 745 g/mol. The summed E-state index contributed by atoms with van der Waals surface area (Å²) in [4.78, 5) is 17.5. The van der Waals surface area contributed by atoms with Gasteiger partial charge in [-0.05, 0) is 42.0 Å². The van der Waals surface area contributed by atoms with Gasteiger partial charge in [0.25, 0.3) is 0 Å². The number of allylic oxidation sites excluding steroid dienone is 4. The molecule has 58 heavy (non-hydrogen) atoms. The molecule has 0 radical (unpaired) electrons. The zero-order valence-corrected chi connectivity index (χ0v) is 31.5. The Labute approximate surface area is 335 Å². The second kappa shape index (κ2) is 13.7. The van der Waals surface area contributed by atoms with Crippen molar-refractivity contribution >= 4 is 60.7 Å². The Kier molecular flexibility index (Phi) is 7.93. The van der Waals surface area contributed by atoms with E-state index in [1.165, 1.54) is 0 Å². The Bertz CT molecular complexity index is 3210. The molecule has 0 N–H and O–H groups in total. The van der Waals surface area contributed by atoms with E-state index in [1.807, 2.05) is 66.7 Å². The molecule has 7 aromatic carbocycles. The lowest BCUT2D eigenvalue weighted by Gasteiger charge is -2.29. The van der Waals surface area contributed by atoms with Crippen molar-refractivity contribution in [1.29, 1.82) is 0 Å². The number of anilines is 2. The van der Waals surface area contributed by atoms with Crippen LogP contribution in [0.4, 0.5) is 11.4 Å². The maximum absolute atomic E-state index is 6.94. The van der Waals surface area contributed by atoms with E-state index < -0.39 is 0 Å². The SMILES string of the molecule is C=C1/C=C\C=C/CN(c2cccc(-c3nc(-c4ccccc4)nc(-c4ccccc4)n3)c2)c2c1c1oc3ccccc3c1c1c3ccccc3n(-c3ccccc3)c21. The molecular weight excluding hydrogens is 711 g/mol. The van der Waals surface area contributed by atoms with E-state index in [1.54, 1.807) is 0 Å². The van der Waals surface area contributed by atoms with Gasteiger partial charge in [0.05, 0.1) is 22.3 Å². The highest BCUT2D eigenvalue weighted by Gasteiger charge is 2.30. The zero-order valence-electron chi connectivity index (χ0n) is 31.5. The summed E-state index contributed by atoms with van der Waals surface area (Å²) in [7, 11) is 0. The van der Waals surface area contributed by atoms with Gasteiger partial charge in [0.1, 0.15) is 11.2 Å². The van der Waals surface area contributed by atoms with Crippen LogP contribution >= 0.6 is 0 Å². The number of hydrogen-bond donors (Lipinski definition) is 0. The molecule has 0 unspecified atom stereocenters. The number of hydrogen-bond acceptors (Lipinski definition) is 5. The van der Waals surface area contributed by atoms with Crippen LogP contribution in [0.2, 0.25) is 0 Å². The molecular formula is C52H35N5O. The van der Waals surface area contributed by atoms with Crippen LogP contribution in [-0.4, -0.2) is 26.1 Å². The highest BCUT2D eigenvalue weighted by atomic mass is 16.3. The van der Waals surface area contributed by atoms with Crippen molar-refractivity contribution in [3.63, 3.8) is 0 Å². The Morgan fingerprint density at radius 2 is 1.12 bits per heavy atom. The third-order valence-electron chi connectivity index (χ3n) is 11.0. The highest BCUT2D eigenvalue weighted by molar-refractivity contribution is 6.32. The standard InChI is InChI=1S/C52H35N5O/c1-34-19-6-5-17-32-56(39-27-18-24-37(33-39)52-54-50(35-20-7-2-8-21-35)53-51(55-52)36-22-9-3-10-23-36)47-44(34)49-46(41-29-14-16-31-43(41)58-49)45-40-28-13-15-30-42(40)57(48(45)47)38-25-11-4-12-26-38/h2-31,33H,1,32H2/b17-5-,19-6-. The number of nitrogens with zero attached hydrogens (tertiary/aromatic N) is 5. The summed E-state index contributed by atoms with van der Waals surface area (Å²) in [6.07, 6.45) is 8.44. The van der Waals surface area contributed by atoms with Gasteiger partial charge < -0.3 is 13.9 Å². The second-order valence-corrected chi connectivity index (χ2v) is 14.4. The molecule has 3 aromatic heterocycles. The average Bonchev–Trinajstić information content (AvgIpc) is 3.86. The predicted molar refractivity (Wildman–Crippen MR) is 239 cm³/mol. The first-order valence-electron chi connectivity index (χ1n) is 19.4. The summed E-state index contributed by atoms with van der Waals surface area (Å²) < 4.78 is 9.35. The molecule has 1 aliphatic heterocycles.